The lowest BCUT2D eigenvalue weighted by Gasteiger charge is -2.28. The third-order valence-corrected chi connectivity index (χ3v) is 3.85. The first-order chi connectivity index (χ1) is 8.74. The van der Waals surface area contributed by atoms with Crippen molar-refractivity contribution in [3.05, 3.63) is 35.4 Å². The number of hydrogen-bond donors (Lipinski definition) is 2. The van der Waals surface area contributed by atoms with Gasteiger partial charge in [-0.2, -0.15) is 0 Å². The first-order valence-electron chi connectivity index (χ1n) is 6.51. The molecule has 0 spiro atoms. The van der Waals surface area contributed by atoms with Gasteiger partial charge in [0.2, 0.25) is 5.91 Å². The molecule has 2 heterocycles. The quantitative estimate of drug-likeness (QED) is 0.749. The minimum absolute atomic E-state index is 0.126. The number of benzene rings is 1. The van der Waals surface area contributed by atoms with E-state index >= 15 is 0 Å². The van der Waals surface area contributed by atoms with Crippen LogP contribution in [0.25, 0.3) is 0 Å². The maximum Gasteiger partial charge on any atom is 0.240 e. The number of hydrogen-bond acceptors (Lipinski definition) is 3. The van der Waals surface area contributed by atoms with Crippen LogP contribution in [0.4, 0.5) is 0 Å². The van der Waals surface area contributed by atoms with Crippen molar-refractivity contribution in [2.75, 3.05) is 13.1 Å². The van der Waals surface area contributed by atoms with Gasteiger partial charge in [-0.1, -0.05) is 24.3 Å². The number of aliphatic hydroxyl groups excluding tert-OH is 1. The van der Waals surface area contributed by atoms with Crippen LogP contribution in [0.2, 0.25) is 0 Å². The van der Waals surface area contributed by atoms with E-state index in [1.54, 1.807) is 4.90 Å². The molecule has 1 aromatic carbocycles. The van der Waals surface area contributed by atoms with Crippen LogP contribution in [-0.4, -0.2) is 41.1 Å². The molecule has 2 aliphatic heterocycles. The molecular formula is C14H18N2O2. The van der Waals surface area contributed by atoms with Gasteiger partial charge in [-0.3, -0.25) is 4.79 Å². The number of β-amino-alcohol motifs (C(OH)–C–C–N with tert-alkyl or cyclic N) is 1. The van der Waals surface area contributed by atoms with Crippen molar-refractivity contribution in [3.8, 4) is 0 Å². The highest BCUT2D eigenvalue weighted by Gasteiger charge is 2.31. The van der Waals surface area contributed by atoms with Gasteiger partial charge in [-0.05, 0) is 24.0 Å². The Morgan fingerprint density at radius 3 is 2.83 bits per heavy atom. The predicted octanol–water partition coefficient (Wildman–Crippen LogP) is 0.294. The Hall–Kier alpha value is -1.39. The van der Waals surface area contributed by atoms with E-state index in [2.05, 4.69) is 17.4 Å². The van der Waals surface area contributed by atoms with Gasteiger partial charge in [-0.25, -0.2) is 0 Å². The average molecular weight is 246 g/mol. The smallest absolute Gasteiger partial charge is 0.240 e. The zero-order valence-corrected chi connectivity index (χ0v) is 10.3. The summed E-state index contributed by atoms with van der Waals surface area (Å²) in [7, 11) is 0. The monoisotopic (exact) mass is 246 g/mol. The van der Waals surface area contributed by atoms with Crippen LogP contribution in [0.1, 0.15) is 17.5 Å². The summed E-state index contributed by atoms with van der Waals surface area (Å²) in [6.45, 7) is 1.92. The Balaban J connectivity index is 1.70. The molecule has 0 aromatic heterocycles. The topological polar surface area (TPSA) is 52.6 Å². The maximum absolute atomic E-state index is 12.3. The van der Waals surface area contributed by atoms with Crippen LogP contribution in [-0.2, 0) is 17.8 Å². The Morgan fingerprint density at radius 2 is 2.11 bits per heavy atom. The van der Waals surface area contributed by atoms with Crippen LogP contribution < -0.4 is 5.32 Å². The number of fused-ring (bicyclic) bond motifs is 1. The van der Waals surface area contributed by atoms with Gasteiger partial charge < -0.3 is 15.3 Å². The van der Waals surface area contributed by atoms with Crippen LogP contribution in [0.5, 0.6) is 0 Å². The van der Waals surface area contributed by atoms with Crippen molar-refractivity contribution in [1.82, 2.24) is 10.2 Å². The zero-order chi connectivity index (χ0) is 12.5. The number of likely N-dealkylation sites (tertiary alicyclic amines) is 1. The molecule has 3 rings (SSSR count). The summed E-state index contributed by atoms with van der Waals surface area (Å²) < 4.78 is 0. The summed E-state index contributed by atoms with van der Waals surface area (Å²) in [5.74, 6) is 0.126. The summed E-state index contributed by atoms with van der Waals surface area (Å²) in [6, 6.07) is 8.10. The number of rotatable bonds is 1. The highest BCUT2D eigenvalue weighted by Crippen LogP contribution is 2.19. The van der Waals surface area contributed by atoms with E-state index in [-0.39, 0.29) is 18.1 Å². The number of nitrogens with one attached hydrogen (secondary N) is 1. The molecule has 2 N–H and O–H groups in total. The molecule has 2 atom stereocenters. The number of carbonyl (C=O) groups excluding carboxylic acids is 1. The fourth-order valence-electron chi connectivity index (χ4n) is 2.79. The molecule has 0 aliphatic carbocycles. The maximum atomic E-state index is 12.3. The lowest BCUT2D eigenvalue weighted by atomic mass is 9.95. The lowest BCUT2D eigenvalue weighted by Crippen LogP contribution is -2.48. The molecule has 0 radical (unpaired) electrons. The van der Waals surface area contributed by atoms with E-state index in [4.69, 9.17) is 0 Å². The number of carbonyl (C=O) groups is 1. The minimum Gasteiger partial charge on any atom is -0.391 e. The standard InChI is InChI=1S/C14H18N2O2/c17-12-5-6-16(9-12)14(18)13-7-10-3-1-2-4-11(10)8-15-13/h1-4,12-13,15,17H,5-9H2. The summed E-state index contributed by atoms with van der Waals surface area (Å²) in [5.41, 5.74) is 2.54. The Kier molecular flexibility index (Phi) is 3.06. The number of aliphatic hydroxyl groups is 1. The van der Waals surface area contributed by atoms with Crippen LogP contribution in [0.15, 0.2) is 24.3 Å². The molecule has 1 aromatic rings. The average Bonchev–Trinajstić information content (AvgIpc) is 2.84. The molecule has 2 aliphatic rings. The fourth-order valence-corrected chi connectivity index (χ4v) is 2.79. The highest BCUT2D eigenvalue weighted by atomic mass is 16.3. The normalized spacial score (nSPS) is 27.1. The van der Waals surface area contributed by atoms with E-state index in [9.17, 15) is 9.90 Å². The molecule has 1 saturated heterocycles. The number of nitrogens with zero attached hydrogens (tertiary/aromatic N) is 1. The minimum atomic E-state index is -0.343. The van der Waals surface area contributed by atoms with Gasteiger partial charge in [0.25, 0.3) is 0 Å². The van der Waals surface area contributed by atoms with Gasteiger partial charge in [-0.15, -0.1) is 0 Å². The summed E-state index contributed by atoms with van der Waals surface area (Å²) in [6.07, 6.45) is 1.11. The van der Waals surface area contributed by atoms with E-state index < -0.39 is 0 Å². The van der Waals surface area contributed by atoms with Gasteiger partial charge in [0.15, 0.2) is 0 Å². The molecule has 0 bridgehead atoms. The van der Waals surface area contributed by atoms with Crippen molar-refractivity contribution >= 4 is 5.91 Å². The Labute approximate surface area is 107 Å². The van der Waals surface area contributed by atoms with Gasteiger partial charge >= 0.3 is 0 Å². The van der Waals surface area contributed by atoms with Crippen LogP contribution in [0.3, 0.4) is 0 Å². The van der Waals surface area contributed by atoms with Crippen molar-refractivity contribution in [2.24, 2.45) is 0 Å². The van der Waals surface area contributed by atoms with Crippen molar-refractivity contribution in [3.63, 3.8) is 0 Å². The highest BCUT2D eigenvalue weighted by molar-refractivity contribution is 5.83. The SMILES string of the molecule is O=C(C1Cc2ccccc2CN1)N1CCC(O)C1. The van der Waals surface area contributed by atoms with Gasteiger partial charge in [0.1, 0.15) is 0 Å². The van der Waals surface area contributed by atoms with Gasteiger partial charge in [0.05, 0.1) is 12.1 Å². The largest absolute Gasteiger partial charge is 0.391 e. The fraction of sp³-hybridized carbons (Fsp3) is 0.500. The lowest BCUT2D eigenvalue weighted by molar-refractivity contribution is -0.132. The molecule has 0 saturated carbocycles. The molecule has 4 heteroatoms. The zero-order valence-electron chi connectivity index (χ0n) is 10.3. The summed E-state index contributed by atoms with van der Waals surface area (Å²) >= 11 is 0. The molecule has 96 valence electrons. The first-order valence-corrected chi connectivity index (χ1v) is 6.51. The van der Waals surface area contributed by atoms with Crippen LogP contribution in [0, 0.1) is 0 Å². The van der Waals surface area contributed by atoms with Crippen molar-refractivity contribution < 1.29 is 9.90 Å². The third kappa shape index (κ3) is 2.13. The third-order valence-electron chi connectivity index (χ3n) is 3.85. The van der Waals surface area contributed by atoms with E-state index in [1.807, 2.05) is 12.1 Å². The molecular weight excluding hydrogens is 228 g/mol. The van der Waals surface area contributed by atoms with Crippen LogP contribution >= 0.6 is 0 Å². The second-order valence-electron chi connectivity index (χ2n) is 5.13. The molecule has 1 fully saturated rings. The van der Waals surface area contributed by atoms with E-state index in [0.29, 0.717) is 19.5 Å². The summed E-state index contributed by atoms with van der Waals surface area (Å²) in [5, 5.41) is 12.8. The molecule has 18 heavy (non-hydrogen) atoms. The van der Waals surface area contributed by atoms with Gasteiger partial charge in [0, 0.05) is 19.6 Å². The van der Waals surface area contributed by atoms with E-state index in [1.165, 1.54) is 11.1 Å². The van der Waals surface area contributed by atoms with Crippen molar-refractivity contribution in [2.45, 2.75) is 31.5 Å². The van der Waals surface area contributed by atoms with Crippen molar-refractivity contribution in [1.29, 1.82) is 0 Å². The second-order valence-corrected chi connectivity index (χ2v) is 5.13. The molecule has 2 unspecified atom stereocenters. The number of amides is 1. The Bertz CT molecular complexity index is 461. The second kappa shape index (κ2) is 4.71. The first kappa shape index (κ1) is 11.7. The van der Waals surface area contributed by atoms with E-state index in [0.717, 1.165) is 13.0 Å². The molecule has 1 amide bonds. The summed E-state index contributed by atoms with van der Waals surface area (Å²) in [4.78, 5) is 14.1. The Morgan fingerprint density at radius 1 is 1.33 bits per heavy atom. The predicted molar refractivity (Wildman–Crippen MR) is 68.0 cm³/mol. The molecule has 4 nitrogen and oxygen atoms in total.